The number of benzene rings is 2. The van der Waals surface area contributed by atoms with Gasteiger partial charge in [-0.2, -0.15) is 0 Å². The van der Waals surface area contributed by atoms with E-state index in [1.807, 2.05) is 55.5 Å². The van der Waals surface area contributed by atoms with Gasteiger partial charge >= 0.3 is 0 Å². The fourth-order valence-corrected chi connectivity index (χ4v) is 2.68. The summed E-state index contributed by atoms with van der Waals surface area (Å²) in [5.41, 5.74) is 3.44. The lowest BCUT2D eigenvalue weighted by molar-refractivity contribution is -0.122. The average molecular weight is 309 g/mol. The van der Waals surface area contributed by atoms with E-state index in [-0.39, 0.29) is 24.4 Å². The zero-order valence-corrected chi connectivity index (χ0v) is 13.2. The summed E-state index contributed by atoms with van der Waals surface area (Å²) in [7, 11) is 0. The lowest BCUT2D eigenvalue weighted by Gasteiger charge is -2.33. The molecular formula is C18H19N3O2. The molecule has 0 fully saturated rings. The third-order valence-corrected chi connectivity index (χ3v) is 3.81. The number of hydrogen-bond donors (Lipinski definition) is 2. The molecule has 0 bridgehead atoms. The quantitative estimate of drug-likeness (QED) is 0.916. The van der Waals surface area contributed by atoms with Crippen LogP contribution >= 0.6 is 0 Å². The monoisotopic (exact) mass is 309 g/mol. The first kappa shape index (κ1) is 15.1. The highest BCUT2D eigenvalue weighted by atomic mass is 16.2. The van der Waals surface area contributed by atoms with E-state index in [1.165, 1.54) is 4.90 Å². The number of nitrogens with zero attached hydrogens (tertiary/aromatic N) is 1. The molecule has 118 valence electrons. The van der Waals surface area contributed by atoms with Crippen LogP contribution in [0.3, 0.4) is 0 Å². The average Bonchev–Trinajstić information content (AvgIpc) is 2.52. The Morgan fingerprint density at radius 1 is 1.22 bits per heavy atom. The number of amides is 2. The number of nitrogens with one attached hydrogen (secondary N) is 2. The fourth-order valence-electron chi connectivity index (χ4n) is 2.68. The number of aryl methyl sites for hydroxylation is 1. The highest BCUT2D eigenvalue weighted by molar-refractivity contribution is 6.09. The minimum Gasteiger partial charge on any atom is -0.372 e. The second-order valence-corrected chi connectivity index (χ2v) is 5.73. The second kappa shape index (κ2) is 6.12. The molecule has 0 saturated heterocycles. The van der Waals surface area contributed by atoms with E-state index >= 15 is 0 Å². The van der Waals surface area contributed by atoms with Crippen molar-refractivity contribution >= 4 is 28.9 Å². The van der Waals surface area contributed by atoms with Crippen molar-refractivity contribution in [2.24, 2.45) is 0 Å². The van der Waals surface area contributed by atoms with Crippen LogP contribution in [0.15, 0.2) is 48.5 Å². The van der Waals surface area contributed by atoms with E-state index in [1.54, 1.807) is 6.92 Å². The van der Waals surface area contributed by atoms with Gasteiger partial charge in [0.05, 0.1) is 11.4 Å². The van der Waals surface area contributed by atoms with Crippen molar-refractivity contribution in [1.29, 1.82) is 0 Å². The molecule has 0 saturated carbocycles. The Balaban J connectivity index is 1.81. The molecule has 0 spiro atoms. The van der Waals surface area contributed by atoms with Crippen molar-refractivity contribution in [3.8, 4) is 0 Å². The van der Waals surface area contributed by atoms with E-state index in [0.717, 1.165) is 22.6 Å². The number of carbonyl (C=O) groups is 2. The van der Waals surface area contributed by atoms with Gasteiger partial charge in [-0.1, -0.05) is 24.3 Å². The van der Waals surface area contributed by atoms with Gasteiger partial charge in [-0.15, -0.1) is 0 Å². The molecule has 5 nitrogen and oxygen atoms in total. The number of para-hydroxylation sites is 1. The molecule has 0 radical (unpaired) electrons. The Kier molecular flexibility index (Phi) is 4.02. The molecule has 1 aliphatic heterocycles. The van der Waals surface area contributed by atoms with Gasteiger partial charge in [-0.25, -0.2) is 0 Å². The maximum absolute atomic E-state index is 12.4. The Morgan fingerprint density at radius 3 is 2.70 bits per heavy atom. The predicted octanol–water partition coefficient (Wildman–Crippen LogP) is 2.78. The summed E-state index contributed by atoms with van der Waals surface area (Å²) in [6, 6.07) is 14.7. The SMILES string of the molecule is Cc1ccc2c(c1)NC(C)C(=O)N2CC(=O)Nc1ccccc1. The van der Waals surface area contributed by atoms with Gasteiger partial charge in [0.1, 0.15) is 12.6 Å². The van der Waals surface area contributed by atoms with Crippen molar-refractivity contribution in [3.05, 3.63) is 54.1 Å². The molecule has 1 heterocycles. The summed E-state index contributed by atoms with van der Waals surface area (Å²) in [6.07, 6.45) is 0. The summed E-state index contributed by atoms with van der Waals surface area (Å²) in [6.45, 7) is 3.79. The van der Waals surface area contributed by atoms with Gasteiger partial charge in [0.15, 0.2) is 0 Å². The molecule has 0 aliphatic carbocycles. The van der Waals surface area contributed by atoms with Gasteiger partial charge in [0.2, 0.25) is 11.8 Å². The van der Waals surface area contributed by atoms with E-state index in [4.69, 9.17) is 0 Å². The molecule has 0 aromatic heterocycles. The standard InChI is InChI=1S/C18H19N3O2/c1-12-8-9-16-15(10-12)19-13(2)18(23)21(16)11-17(22)20-14-6-4-3-5-7-14/h3-10,13,19H,11H2,1-2H3,(H,20,22). The van der Waals surface area contributed by atoms with Crippen LogP contribution in [0.4, 0.5) is 17.1 Å². The molecule has 1 aliphatic rings. The molecule has 5 heteroatoms. The van der Waals surface area contributed by atoms with E-state index in [9.17, 15) is 9.59 Å². The number of rotatable bonds is 3. The number of fused-ring (bicyclic) bond motifs is 1. The molecule has 3 rings (SSSR count). The van der Waals surface area contributed by atoms with Crippen LogP contribution in [-0.4, -0.2) is 24.4 Å². The van der Waals surface area contributed by atoms with E-state index < -0.39 is 0 Å². The molecule has 23 heavy (non-hydrogen) atoms. The zero-order chi connectivity index (χ0) is 16.4. The van der Waals surface area contributed by atoms with Gasteiger partial charge in [0, 0.05) is 5.69 Å². The first-order chi connectivity index (χ1) is 11.0. The molecule has 2 N–H and O–H groups in total. The normalized spacial score (nSPS) is 16.5. The van der Waals surface area contributed by atoms with Crippen molar-refractivity contribution in [3.63, 3.8) is 0 Å². The largest absolute Gasteiger partial charge is 0.372 e. The van der Waals surface area contributed by atoms with Crippen molar-refractivity contribution in [2.75, 3.05) is 22.1 Å². The number of carbonyl (C=O) groups excluding carboxylic acids is 2. The maximum Gasteiger partial charge on any atom is 0.249 e. The van der Waals surface area contributed by atoms with Crippen LogP contribution in [-0.2, 0) is 9.59 Å². The minimum atomic E-state index is -0.353. The van der Waals surface area contributed by atoms with Crippen LogP contribution in [0.25, 0.3) is 0 Å². The van der Waals surface area contributed by atoms with Crippen molar-refractivity contribution < 1.29 is 9.59 Å². The Labute approximate surface area is 135 Å². The minimum absolute atomic E-state index is 0.00416. The first-order valence-electron chi connectivity index (χ1n) is 7.58. The highest BCUT2D eigenvalue weighted by Crippen LogP contribution is 2.32. The summed E-state index contributed by atoms with van der Waals surface area (Å²) < 4.78 is 0. The number of anilines is 3. The predicted molar refractivity (Wildman–Crippen MR) is 91.7 cm³/mol. The van der Waals surface area contributed by atoms with Gasteiger partial charge < -0.3 is 10.6 Å². The fraction of sp³-hybridized carbons (Fsp3) is 0.222. The molecule has 1 unspecified atom stereocenters. The maximum atomic E-state index is 12.4. The molecule has 2 aromatic rings. The van der Waals surface area contributed by atoms with Crippen molar-refractivity contribution in [1.82, 2.24) is 0 Å². The summed E-state index contributed by atoms with van der Waals surface area (Å²) >= 11 is 0. The van der Waals surface area contributed by atoms with Crippen LogP contribution in [0.5, 0.6) is 0 Å². The molecule has 2 amide bonds. The van der Waals surface area contributed by atoms with Gasteiger partial charge in [-0.3, -0.25) is 14.5 Å². The van der Waals surface area contributed by atoms with Gasteiger partial charge in [-0.05, 0) is 43.7 Å². The first-order valence-corrected chi connectivity index (χ1v) is 7.58. The Bertz CT molecular complexity index is 743. The molecule has 1 atom stereocenters. The van der Waals surface area contributed by atoms with Crippen LogP contribution < -0.4 is 15.5 Å². The summed E-state index contributed by atoms with van der Waals surface area (Å²) in [5.74, 6) is -0.324. The van der Waals surface area contributed by atoms with Crippen LogP contribution in [0, 0.1) is 6.92 Å². The summed E-state index contributed by atoms with van der Waals surface area (Å²) in [4.78, 5) is 26.3. The van der Waals surface area contributed by atoms with Gasteiger partial charge in [0.25, 0.3) is 0 Å². The third-order valence-electron chi connectivity index (χ3n) is 3.81. The lowest BCUT2D eigenvalue weighted by Crippen LogP contribution is -2.48. The third kappa shape index (κ3) is 3.18. The lowest BCUT2D eigenvalue weighted by atomic mass is 10.1. The van der Waals surface area contributed by atoms with Crippen LogP contribution in [0.2, 0.25) is 0 Å². The number of hydrogen-bond acceptors (Lipinski definition) is 3. The Hall–Kier alpha value is -2.82. The molecule has 2 aromatic carbocycles. The van der Waals surface area contributed by atoms with E-state index in [0.29, 0.717) is 0 Å². The highest BCUT2D eigenvalue weighted by Gasteiger charge is 2.30. The second-order valence-electron chi connectivity index (χ2n) is 5.73. The smallest absolute Gasteiger partial charge is 0.249 e. The summed E-state index contributed by atoms with van der Waals surface area (Å²) in [5, 5.41) is 5.99. The zero-order valence-electron chi connectivity index (χ0n) is 13.2. The van der Waals surface area contributed by atoms with Crippen molar-refractivity contribution in [2.45, 2.75) is 19.9 Å². The van der Waals surface area contributed by atoms with E-state index in [2.05, 4.69) is 10.6 Å². The topological polar surface area (TPSA) is 61.4 Å². The molecular weight excluding hydrogens is 290 g/mol. The van der Waals surface area contributed by atoms with Crippen LogP contribution in [0.1, 0.15) is 12.5 Å². The Morgan fingerprint density at radius 2 is 1.96 bits per heavy atom.